The van der Waals surface area contributed by atoms with Crippen LogP contribution in [-0.2, 0) is 11.2 Å². The van der Waals surface area contributed by atoms with E-state index in [9.17, 15) is 4.79 Å². The molecule has 1 aromatic rings. The molecule has 0 aliphatic carbocycles. The van der Waals surface area contributed by atoms with Gasteiger partial charge in [0.2, 0.25) is 0 Å². The molecule has 1 amide bonds. The first-order valence-corrected chi connectivity index (χ1v) is 7.14. The summed E-state index contributed by atoms with van der Waals surface area (Å²) in [4.78, 5) is 11.7. The highest BCUT2D eigenvalue weighted by molar-refractivity contribution is 5.67. The number of hydrogen-bond donors (Lipinski definition) is 2. The summed E-state index contributed by atoms with van der Waals surface area (Å²) in [6.45, 7) is 9.25. The molecular weight excluding hydrogens is 252 g/mol. The van der Waals surface area contributed by atoms with Crippen molar-refractivity contribution in [3.8, 4) is 0 Å². The van der Waals surface area contributed by atoms with E-state index in [1.54, 1.807) is 0 Å². The summed E-state index contributed by atoms with van der Waals surface area (Å²) in [5.74, 6) is 0.399. The lowest BCUT2D eigenvalue weighted by molar-refractivity contribution is 0.0520. The average Bonchev–Trinajstić information content (AvgIpc) is 2.35. The Bertz CT molecular complexity index is 492. The molecule has 110 valence electrons. The molecule has 0 spiro atoms. The zero-order valence-corrected chi connectivity index (χ0v) is 12.7. The van der Waals surface area contributed by atoms with Crippen molar-refractivity contribution >= 4 is 11.8 Å². The molecule has 1 heterocycles. The highest BCUT2D eigenvalue weighted by Gasteiger charge is 2.21. The highest BCUT2D eigenvalue weighted by Crippen LogP contribution is 2.27. The Morgan fingerprint density at radius 3 is 2.90 bits per heavy atom. The number of carbonyl (C=O) groups is 1. The Morgan fingerprint density at radius 1 is 1.45 bits per heavy atom. The smallest absolute Gasteiger partial charge is 0.407 e. The van der Waals surface area contributed by atoms with Gasteiger partial charge in [0.1, 0.15) is 5.60 Å². The molecule has 0 fully saturated rings. The number of rotatable bonds is 2. The summed E-state index contributed by atoms with van der Waals surface area (Å²) < 4.78 is 5.25. The number of benzene rings is 1. The molecule has 0 saturated carbocycles. The Labute approximate surface area is 120 Å². The van der Waals surface area contributed by atoms with Gasteiger partial charge in [0.25, 0.3) is 0 Å². The van der Waals surface area contributed by atoms with E-state index in [2.05, 4.69) is 35.8 Å². The summed E-state index contributed by atoms with van der Waals surface area (Å²) in [5, 5.41) is 6.29. The Hall–Kier alpha value is -1.71. The average molecular weight is 276 g/mol. The van der Waals surface area contributed by atoms with Crippen LogP contribution in [0.2, 0.25) is 0 Å². The number of alkyl carbamates (subject to hydrolysis) is 1. The van der Waals surface area contributed by atoms with Gasteiger partial charge < -0.3 is 15.4 Å². The van der Waals surface area contributed by atoms with Gasteiger partial charge in [-0.2, -0.15) is 0 Å². The third kappa shape index (κ3) is 3.89. The highest BCUT2D eigenvalue weighted by atomic mass is 16.6. The summed E-state index contributed by atoms with van der Waals surface area (Å²) in [7, 11) is 0. The molecule has 0 aromatic heterocycles. The molecule has 0 saturated heterocycles. The minimum absolute atomic E-state index is 0.340. The van der Waals surface area contributed by atoms with Gasteiger partial charge in [-0.05, 0) is 57.2 Å². The first-order valence-electron chi connectivity index (χ1n) is 7.14. The van der Waals surface area contributed by atoms with E-state index in [1.807, 2.05) is 20.8 Å². The van der Waals surface area contributed by atoms with Gasteiger partial charge in [-0.3, -0.25) is 0 Å². The van der Waals surface area contributed by atoms with Crippen LogP contribution >= 0.6 is 0 Å². The predicted octanol–water partition coefficient (Wildman–Crippen LogP) is 3.10. The zero-order chi connectivity index (χ0) is 14.8. The van der Waals surface area contributed by atoms with E-state index < -0.39 is 5.60 Å². The molecule has 2 N–H and O–H groups in total. The van der Waals surface area contributed by atoms with Crippen molar-refractivity contribution in [2.24, 2.45) is 5.92 Å². The van der Waals surface area contributed by atoms with Crippen molar-refractivity contribution in [1.82, 2.24) is 5.32 Å². The van der Waals surface area contributed by atoms with Crippen LogP contribution in [0.5, 0.6) is 0 Å². The van der Waals surface area contributed by atoms with E-state index in [-0.39, 0.29) is 6.09 Å². The van der Waals surface area contributed by atoms with Crippen LogP contribution in [-0.4, -0.2) is 24.8 Å². The standard InChI is InChI=1S/C16H24N2O2/c1-11-6-5-7-14-13(11)8-12(9-17-14)10-18-15(19)20-16(2,3)4/h5-7,12,17H,8-10H2,1-4H3,(H,18,19). The van der Waals surface area contributed by atoms with Crippen molar-refractivity contribution in [2.75, 3.05) is 18.4 Å². The number of hydrogen-bond acceptors (Lipinski definition) is 3. The molecule has 4 heteroatoms. The Balaban J connectivity index is 1.88. The van der Waals surface area contributed by atoms with E-state index in [0.29, 0.717) is 12.5 Å². The normalized spacial score (nSPS) is 17.9. The van der Waals surface area contributed by atoms with Gasteiger partial charge in [-0.25, -0.2) is 4.79 Å². The van der Waals surface area contributed by atoms with Crippen molar-refractivity contribution < 1.29 is 9.53 Å². The SMILES string of the molecule is Cc1cccc2c1CC(CNC(=O)OC(C)(C)C)CN2. The first kappa shape index (κ1) is 14.7. The lowest BCUT2D eigenvalue weighted by atomic mass is 9.91. The Morgan fingerprint density at radius 2 is 2.20 bits per heavy atom. The summed E-state index contributed by atoms with van der Waals surface area (Å²) in [6.07, 6.45) is 0.651. The largest absolute Gasteiger partial charge is 0.444 e. The van der Waals surface area contributed by atoms with Crippen molar-refractivity contribution in [3.05, 3.63) is 29.3 Å². The third-order valence-electron chi connectivity index (χ3n) is 3.42. The summed E-state index contributed by atoms with van der Waals surface area (Å²) in [6, 6.07) is 6.31. The minimum atomic E-state index is -0.446. The lowest BCUT2D eigenvalue weighted by Crippen LogP contribution is -2.38. The maximum atomic E-state index is 11.7. The molecule has 0 radical (unpaired) electrons. The molecule has 4 nitrogen and oxygen atoms in total. The first-order chi connectivity index (χ1) is 9.35. The van der Waals surface area contributed by atoms with Gasteiger partial charge in [-0.1, -0.05) is 12.1 Å². The van der Waals surface area contributed by atoms with Crippen LogP contribution in [0.1, 0.15) is 31.9 Å². The minimum Gasteiger partial charge on any atom is -0.444 e. The number of carbonyl (C=O) groups excluding carboxylic acids is 1. The lowest BCUT2D eigenvalue weighted by Gasteiger charge is -2.28. The van der Waals surface area contributed by atoms with Crippen LogP contribution in [0.15, 0.2) is 18.2 Å². The number of aryl methyl sites for hydroxylation is 1. The van der Waals surface area contributed by atoms with Crippen LogP contribution in [0, 0.1) is 12.8 Å². The van der Waals surface area contributed by atoms with Crippen LogP contribution in [0.3, 0.4) is 0 Å². The van der Waals surface area contributed by atoms with Crippen LogP contribution in [0.25, 0.3) is 0 Å². The number of nitrogens with one attached hydrogen (secondary N) is 2. The van der Waals surface area contributed by atoms with Crippen LogP contribution in [0.4, 0.5) is 10.5 Å². The second kappa shape index (κ2) is 5.73. The zero-order valence-electron chi connectivity index (χ0n) is 12.7. The summed E-state index contributed by atoms with van der Waals surface area (Å²) in [5.41, 5.74) is 3.43. The van der Waals surface area contributed by atoms with Gasteiger partial charge in [-0.15, -0.1) is 0 Å². The van der Waals surface area contributed by atoms with Crippen molar-refractivity contribution in [2.45, 2.75) is 39.7 Å². The Kier molecular flexibility index (Phi) is 4.21. The van der Waals surface area contributed by atoms with Crippen molar-refractivity contribution in [1.29, 1.82) is 0 Å². The van der Waals surface area contributed by atoms with Gasteiger partial charge in [0.05, 0.1) is 0 Å². The van der Waals surface area contributed by atoms with Crippen molar-refractivity contribution in [3.63, 3.8) is 0 Å². The topological polar surface area (TPSA) is 50.4 Å². The molecule has 0 bridgehead atoms. The number of ether oxygens (including phenoxy) is 1. The van der Waals surface area contributed by atoms with E-state index >= 15 is 0 Å². The van der Waals surface area contributed by atoms with E-state index in [4.69, 9.17) is 4.74 Å². The molecule has 1 atom stereocenters. The molecule has 20 heavy (non-hydrogen) atoms. The number of fused-ring (bicyclic) bond motifs is 1. The van der Waals surface area contributed by atoms with Gasteiger partial charge in [0.15, 0.2) is 0 Å². The number of anilines is 1. The monoisotopic (exact) mass is 276 g/mol. The molecular formula is C16H24N2O2. The second-order valence-electron chi connectivity index (χ2n) is 6.43. The van der Waals surface area contributed by atoms with E-state index in [1.165, 1.54) is 16.8 Å². The number of amides is 1. The summed E-state index contributed by atoms with van der Waals surface area (Å²) >= 11 is 0. The fourth-order valence-corrected chi connectivity index (χ4v) is 2.44. The van der Waals surface area contributed by atoms with Gasteiger partial charge in [0, 0.05) is 18.8 Å². The molecule has 1 aliphatic rings. The van der Waals surface area contributed by atoms with E-state index in [0.717, 1.165) is 13.0 Å². The quantitative estimate of drug-likeness (QED) is 0.872. The third-order valence-corrected chi connectivity index (χ3v) is 3.42. The fourth-order valence-electron chi connectivity index (χ4n) is 2.44. The molecule has 1 aliphatic heterocycles. The van der Waals surface area contributed by atoms with Gasteiger partial charge >= 0.3 is 6.09 Å². The molecule has 1 unspecified atom stereocenters. The molecule has 2 rings (SSSR count). The van der Waals surface area contributed by atoms with Crippen LogP contribution < -0.4 is 10.6 Å². The fraction of sp³-hybridized carbons (Fsp3) is 0.562. The second-order valence-corrected chi connectivity index (χ2v) is 6.43. The maximum absolute atomic E-state index is 11.7. The maximum Gasteiger partial charge on any atom is 0.407 e. The predicted molar refractivity (Wildman–Crippen MR) is 81.1 cm³/mol. The molecule has 1 aromatic carbocycles.